The van der Waals surface area contributed by atoms with Gasteiger partial charge in [0, 0.05) is 23.1 Å². The van der Waals surface area contributed by atoms with Crippen molar-refractivity contribution in [3.8, 4) is 5.75 Å². The van der Waals surface area contributed by atoms with Gasteiger partial charge in [-0.1, -0.05) is 59.3 Å². The van der Waals surface area contributed by atoms with Crippen molar-refractivity contribution >= 4 is 15.9 Å². The van der Waals surface area contributed by atoms with Crippen LogP contribution >= 0.6 is 15.9 Å². The second kappa shape index (κ2) is 7.98. The predicted octanol–water partition coefficient (Wildman–Crippen LogP) is 5.26. The van der Waals surface area contributed by atoms with Gasteiger partial charge in [0.1, 0.15) is 12.4 Å². The van der Waals surface area contributed by atoms with Crippen LogP contribution in [0, 0.1) is 5.92 Å². The van der Waals surface area contributed by atoms with Gasteiger partial charge < -0.3 is 4.74 Å². The van der Waals surface area contributed by atoms with Crippen molar-refractivity contribution < 1.29 is 4.74 Å². The molecule has 2 nitrogen and oxygen atoms in total. The Kier molecular flexibility index (Phi) is 5.74. The van der Waals surface area contributed by atoms with Crippen LogP contribution in [0.1, 0.15) is 30.9 Å². The van der Waals surface area contributed by atoms with Gasteiger partial charge in [-0.05, 0) is 43.0 Å². The van der Waals surface area contributed by atoms with E-state index in [0.717, 1.165) is 22.7 Å². The van der Waals surface area contributed by atoms with E-state index in [9.17, 15) is 0 Å². The first-order chi connectivity index (χ1) is 11.2. The number of hydrogen-bond acceptors (Lipinski definition) is 2. The average molecular weight is 374 g/mol. The number of likely N-dealkylation sites (tertiary alicyclic amines) is 1. The molecular formula is C20H24BrNO. The summed E-state index contributed by atoms with van der Waals surface area (Å²) in [6, 6.07) is 16.6. The molecule has 0 N–H and O–H groups in total. The van der Waals surface area contributed by atoms with Crippen molar-refractivity contribution in [3.63, 3.8) is 0 Å². The summed E-state index contributed by atoms with van der Waals surface area (Å²) in [5, 5.41) is 0. The van der Waals surface area contributed by atoms with Gasteiger partial charge in [-0.3, -0.25) is 4.90 Å². The Morgan fingerprint density at radius 1 is 1.13 bits per heavy atom. The summed E-state index contributed by atoms with van der Waals surface area (Å²) in [5.74, 6) is 1.78. The SMILES string of the molecule is CC1CCCN(Cc2c(Br)cccc2OCc2ccccc2)C1. The molecule has 23 heavy (non-hydrogen) atoms. The lowest BCUT2D eigenvalue weighted by atomic mass is 10.00. The van der Waals surface area contributed by atoms with Crippen LogP contribution < -0.4 is 4.74 Å². The van der Waals surface area contributed by atoms with Crippen LogP contribution in [-0.2, 0) is 13.2 Å². The van der Waals surface area contributed by atoms with Gasteiger partial charge in [0.15, 0.2) is 0 Å². The third-order valence-electron chi connectivity index (χ3n) is 4.44. The van der Waals surface area contributed by atoms with Crippen molar-refractivity contribution in [1.29, 1.82) is 0 Å². The first-order valence-electron chi connectivity index (χ1n) is 8.39. The summed E-state index contributed by atoms with van der Waals surface area (Å²) in [6.07, 6.45) is 2.65. The molecule has 0 aliphatic carbocycles. The van der Waals surface area contributed by atoms with Crippen LogP contribution in [0.4, 0.5) is 0 Å². The molecule has 2 aromatic rings. The molecule has 1 heterocycles. The minimum Gasteiger partial charge on any atom is -0.489 e. The van der Waals surface area contributed by atoms with Crippen molar-refractivity contribution in [2.24, 2.45) is 5.92 Å². The molecule has 2 aromatic carbocycles. The van der Waals surface area contributed by atoms with Crippen LogP contribution in [-0.4, -0.2) is 18.0 Å². The quantitative estimate of drug-likeness (QED) is 0.708. The molecule has 0 amide bonds. The van der Waals surface area contributed by atoms with Crippen LogP contribution in [0.5, 0.6) is 5.75 Å². The van der Waals surface area contributed by atoms with Crippen molar-refractivity contribution in [1.82, 2.24) is 4.90 Å². The summed E-state index contributed by atoms with van der Waals surface area (Å²) in [4.78, 5) is 2.55. The Balaban J connectivity index is 1.71. The van der Waals surface area contributed by atoms with Gasteiger partial charge in [-0.25, -0.2) is 0 Å². The Morgan fingerprint density at radius 3 is 2.74 bits per heavy atom. The van der Waals surface area contributed by atoms with E-state index in [1.54, 1.807) is 0 Å². The van der Waals surface area contributed by atoms with E-state index in [2.05, 4.69) is 64.2 Å². The molecule has 0 radical (unpaired) electrons. The number of halogens is 1. The maximum absolute atomic E-state index is 6.12. The smallest absolute Gasteiger partial charge is 0.125 e. The lowest BCUT2D eigenvalue weighted by Crippen LogP contribution is -2.33. The number of benzene rings is 2. The van der Waals surface area contributed by atoms with Crippen LogP contribution in [0.15, 0.2) is 53.0 Å². The fraction of sp³-hybridized carbons (Fsp3) is 0.400. The summed E-state index contributed by atoms with van der Waals surface area (Å²) in [5.41, 5.74) is 2.46. The lowest BCUT2D eigenvalue weighted by Gasteiger charge is -2.31. The van der Waals surface area contributed by atoms with E-state index < -0.39 is 0 Å². The van der Waals surface area contributed by atoms with Gasteiger partial charge in [0.05, 0.1) is 0 Å². The first kappa shape index (κ1) is 16.5. The molecule has 1 unspecified atom stereocenters. The highest BCUT2D eigenvalue weighted by atomic mass is 79.9. The number of ether oxygens (including phenoxy) is 1. The van der Waals surface area contributed by atoms with Crippen LogP contribution in [0.25, 0.3) is 0 Å². The number of piperidine rings is 1. The molecule has 1 aliphatic heterocycles. The molecule has 0 saturated carbocycles. The van der Waals surface area contributed by atoms with Crippen LogP contribution in [0.3, 0.4) is 0 Å². The zero-order chi connectivity index (χ0) is 16.1. The van der Waals surface area contributed by atoms with E-state index in [4.69, 9.17) is 4.74 Å². The topological polar surface area (TPSA) is 12.5 Å². The number of hydrogen-bond donors (Lipinski definition) is 0. The van der Waals surface area contributed by atoms with E-state index >= 15 is 0 Å². The van der Waals surface area contributed by atoms with E-state index in [-0.39, 0.29) is 0 Å². The number of rotatable bonds is 5. The summed E-state index contributed by atoms with van der Waals surface area (Å²) in [7, 11) is 0. The third-order valence-corrected chi connectivity index (χ3v) is 5.18. The fourth-order valence-corrected chi connectivity index (χ4v) is 3.69. The Bertz CT molecular complexity index is 629. The molecule has 0 bridgehead atoms. The number of nitrogens with zero attached hydrogens (tertiary/aromatic N) is 1. The molecular weight excluding hydrogens is 350 g/mol. The Hall–Kier alpha value is -1.32. The first-order valence-corrected chi connectivity index (χ1v) is 9.18. The van der Waals surface area contributed by atoms with Gasteiger partial charge in [0.25, 0.3) is 0 Å². The van der Waals surface area contributed by atoms with Gasteiger partial charge in [-0.15, -0.1) is 0 Å². The maximum atomic E-state index is 6.12. The Morgan fingerprint density at radius 2 is 1.96 bits per heavy atom. The van der Waals surface area contributed by atoms with Crippen molar-refractivity contribution in [2.75, 3.05) is 13.1 Å². The zero-order valence-corrected chi connectivity index (χ0v) is 15.3. The predicted molar refractivity (Wildman–Crippen MR) is 98.6 cm³/mol. The zero-order valence-electron chi connectivity index (χ0n) is 13.7. The van der Waals surface area contributed by atoms with E-state index in [0.29, 0.717) is 6.61 Å². The van der Waals surface area contributed by atoms with Crippen molar-refractivity contribution in [3.05, 3.63) is 64.1 Å². The second-order valence-electron chi connectivity index (χ2n) is 6.47. The van der Waals surface area contributed by atoms with Gasteiger partial charge in [0.2, 0.25) is 0 Å². The molecule has 3 rings (SSSR count). The van der Waals surface area contributed by atoms with E-state index in [1.807, 2.05) is 12.1 Å². The molecule has 1 aliphatic rings. The largest absolute Gasteiger partial charge is 0.489 e. The van der Waals surface area contributed by atoms with Gasteiger partial charge in [-0.2, -0.15) is 0 Å². The monoisotopic (exact) mass is 373 g/mol. The second-order valence-corrected chi connectivity index (χ2v) is 7.33. The van der Waals surface area contributed by atoms with Crippen molar-refractivity contribution in [2.45, 2.75) is 32.9 Å². The lowest BCUT2D eigenvalue weighted by molar-refractivity contribution is 0.173. The normalized spacial score (nSPS) is 18.8. The minimum absolute atomic E-state index is 0.612. The molecule has 0 spiro atoms. The molecule has 1 fully saturated rings. The average Bonchev–Trinajstić information content (AvgIpc) is 2.56. The molecule has 1 atom stereocenters. The summed E-state index contributed by atoms with van der Waals surface area (Å²) >= 11 is 3.71. The highest BCUT2D eigenvalue weighted by Gasteiger charge is 2.19. The minimum atomic E-state index is 0.612. The fourth-order valence-electron chi connectivity index (χ4n) is 3.22. The highest BCUT2D eigenvalue weighted by molar-refractivity contribution is 9.10. The molecule has 0 aromatic heterocycles. The van der Waals surface area contributed by atoms with Gasteiger partial charge >= 0.3 is 0 Å². The summed E-state index contributed by atoms with van der Waals surface area (Å²) in [6.45, 7) is 6.28. The van der Waals surface area contributed by atoms with E-state index in [1.165, 1.54) is 37.1 Å². The highest BCUT2D eigenvalue weighted by Crippen LogP contribution is 2.30. The molecule has 3 heteroatoms. The maximum Gasteiger partial charge on any atom is 0.125 e. The summed E-state index contributed by atoms with van der Waals surface area (Å²) < 4.78 is 7.26. The van der Waals surface area contributed by atoms with Crippen LogP contribution in [0.2, 0.25) is 0 Å². The Labute approximate surface area is 147 Å². The molecule has 122 valence electrons. The standard InChI is InChI=1S/C20H24BrNO/c1-16-7-6-12-22(13-16)14-18-19(21)10-5-11-20(18)23-15-17-8-3-2-4-9-17/h2-5,8-11,16H,6-7,12-15H2,1H3. The molecule has 1 saturated heterocycles. The third kappa shape index (κ3) is 4.58.